The van der Waals surface area contributed by atoms with Gasteiger partial charge in [-0.3, -0.25) is 4.79 Å². The summed E-state index contributed by atoms with van der Waals surface area (Å²) in [7, 11) is -6.07. The first kappa shape index (κ1) is 22.9. The van der Waals surface area contributed by atoms with Gasteiger partial charge in [-0.05, 0) is 49.4 Å². The largest absolute Gasteiger partial charge is 0.326 e. The number of anilines is 1. The first-order valence-corrected chi connectivity index (χ1v) is 11.9. The third-order valence-electron chi connectivity index (χ3n) is 4.08. The molecule has 0 heterocycles. The van der Waals surface area contributed by atoms with Crippen molar-refractivity contribution in [3.63, 3.8) is 0 Å². The fraction of sp³-hybridized carbons (Fsp3) is 0.278. The predicted molar refractivity (Wildman–Crippen MR) is 108 cm³/mol. The number of nitrogens with one attached hydrogen (secondary N) is 3. The second-order valence-electron chi connectivity index (χ2n) is 6.43. The monoisotopic (exact) mass is 443 g/mol. The molecule has 0 aliphatic heterocycles. The third-order valence-corrected chi connectivity index (χ3v) is 6.21. The molecule has 0 spiro atoms. The molecule has 0 saturated heterocycles. The summed E-state index contributed by atoms with van der Waals surface area (Å²) in [5, 5.41) is 2.60. The maximum absolute atomic E-state index is 13.2. The summed E-state index contributed by atoms with van der Waals surface area (Å²) in [6.07, 6.45) is 0.679. The summed E-state index contributed by atoms with van der Waals surface area (Å²) in [6.45, 7) is 1.69. The van der Waals surface area contributed by atoms with Gasteiger partial charge in [0.05, 0.1) is 17.2 Å². The van der Waals surface area contributed by atoms with Crippen molar-refractivity contribution < 1.29 is 26.0 Å². The minimum atomic E-state index is -3.70. The van der Waals surface area contributed by atoms with E-state index in [2.05, 4.69) is 14.8 Å². The van der Waals surface area contributed by atoms with Crippen LogP contribution >= 0.6 is 0 Å². The van der Waals surface area contributed by atoms with Crippen LogP contribution in [0.25, 0.3) is 0 Å². The number of hydrogen-bond acceptors (Lipinski definition) is 5. The van der Waals surface area contributed by atoms with Gasteiger partial charge in [-0.25, -0.2) is 30.7 Å². The van der Waals surface area contributed by atoms with Gasteiger partial charge in [-0.15, -0.1) is 0 Å². The van der Waals surface area contributed by atoms with Crippen LogP contribution in [0.5, 0.6) is 0 Å². The molecule has 8 nitrogen and oxygen atoms in total. The molecular weight excluding hydrogens is 421 g/mol. The molecule has 1 amide bonds. The lowest BCUT2D eigenvalue weighted by Gasteiger charge is -2.18. The first-order chi connectivity index (χ1) is 13.4. The Kier molecular flexibility index (Phi) is 7.11. The van der Waals surface area contributed by atoms with E-state index in [1.165, 1.54) is 43.4 Å². The SMILES string of the molecule is CNS(=O)(=O)c1ccc(C)c(NC(=O)C[C@H](NS(C)(=O)=O)c2ccc(F)cc2)c1. The van der Waals surface area contributed by atoms with Gasteiger partial charge >= 0.3 is 0 Å². The zero-order chi connectivity index (χ0) is 21.8. The highest BCUT2D eigenvalue weighted by atomic mass is 32.2. The molecule has 0 aliphatic carbocycles. The summed E-state index contributed by atoms with van der Waals surface area (Å²) in [6, 6.07) is 8.45. The van der Waals surface area contributed by atoms with Gasteiger partial charge in [0.1, 0.15) is 5.82 Å². The Bertz CT molecular complexity index is 1100. The van der Waals surface area contributed by atoms with Crippen molar-refractivity contribution in [2.75, 3.05) is 18.6 Å². The molecule has 0 saturated carbocycles. The Morgan fingerprint density at radius 1 is 1.07 bits per heavy atom. The minimum Gasteiger partial charge on any atom is -0.326 e. The second-order valence-corrected chi connectivity index (χ2v) is 10.1. The Hall–Kier alpha value is -2.34. The van der Waals surface area contributed by atoms with Crippen molar-refractivity contribution in [2.45, 2.75) is 24.3 Å². The van der Waals surface area contributed by atoms with Crippen LogP contribution in [0.1, 0.15) is 23.6 Å². The van der Waals surface area contributed by atoms with E-state index in [0.29, 0.717) is 11.1 Å². The summed E-state index contributed by atoms with van der Waals surface area (Å²) in [4.78, 5) is 12.5. The molecule has 0 aromatic heterocycles. The van der Waals surface area contributed by atoms with Crippen LogP contribution in [0.4, 0.5) is 10.1 Å². The topological polar surface area (TPSA) is 121 Å². The fourth-order valence-corrected chi connectivity index (χ4v) is 4.08. The molecule has 0 radical (unpaired) electrons. The molecule has 0 fully saturated rings. The third kappa shape index (κ3) is 6.60. The number of rotatable bonds is 8. The van der Waals surface area contributed by atoms with E-state index in [1.54, 1.807) is 13.0 Å². The Morgan fingerprint density at radius 3 is 2.24 bits per heavy atom. The van der Waals surface area contributed by atoms with Crippen molar-refractivity contribution in [3.05, 3.63) is 59.4 Å². The average molecular weight is 444 g/mol. The van der Waals surface area contributed by atoms with Crippen molar-refractivity contribution >= 4 is 31.6 Å². The quantitative estimate of drug-likeness (QED) is 0.573. The number of carbonyl (C=O) groups excluding carboxylic acids is 1. The van der Waals surface area contributed by atoms with Crippen molar-refractivity contribution in [1.29, 1.82) is 0 Å². The Labute approximate surface area is 169 Å². The van der Waals surface area contributed by atoms with E-state index in [9.17, 15) is 26.0 Å². The maximum atomic E-state index is 13.2. The van der Waals surface area contributed by atoms with Crippen LogP contribution in [0, 0.1) is 12.7 Å². The standard InChI is InChI=1S/C18H22FN3O5S2/c1-12-4-9-15(29(26,27)20-2)10-16(12)21-18(23)11-17(22-28(3,24)25)13-5-7-14(19)8-6-13/h4-10,17,20,22H,11H2,1-3H3,(H,21,23)/t17-/m0/s1. The van der Waals surface area contributed by atoms with Gasteiger partial charge in [-0.1, -0.05) is 18.2 Å². The predicted octanol–water partition coefficient (Wildman–Crippen LogP) is 1.66. The number of benzene rings is 2. The smallest absolute Gasteiger partial charge is 0.240 e. The number of aryl methyl sites for hydroxylation is 1. The number of amides is 1. The van der Waals surface area contributed by atoms with Gasteiger partial charge in [0.2, 0.25) is 26.0 Å². The number of sulfonamides is 2. The highest BCUT2D eigenvalue weighted by Gasteiger charge is 2.21. The normalized spacial score (nSPS) is 13.1. The summed E-state index contributed by atoms with van der Waals surface area (Å²) in [5.74, 6) is -1.04. The molecule has 0 bridgehead atoms. The summed E-state index contributed by atoms with van der Waals surface area (Å²) in [5.41, 5.74) is 1.32. The van der Waals surface area contributed by atoms with E-state index in [-0.39, 0.29) is 17.0 Å². The first-order valence-electron chi connectivity index (χ1n) is 8.48. The summed E-state index contributed by atoms with van der Waals surface area (Å²) < 4.78 is 65.0. The van der Waals surface area contributed by atoms with Crippen LogP contribution in [-0.4, -0.2) is 36.0 Å². The molecule has 0 aliphatic rings. The van der Waals surface area contributed by atoms with E-state index in [4.69, 9.17) is 0 Å². The van der Waals surface area contributed by atoms with Crippen molar-refractivity contribution in [3.8, 4) is 0 Å². The van der Waals surface area contributed by atoms with Gasteiger partial charge in [-0.2, -0.15) is 0 Å². The molecular formula is C18H22FN3O5S2. The molecule has 29 heavy (non-hydrogen) atoms. The highest BCUT2D eigenvalue weighted by molar-refractivity contribution is 7.89. The molecule has 2 aromatic rings. The number of halogens is 1. The number of carbonyl (C=O) groups is 1. The van der Waals surface area contributed by atoms with Gasteiger partial charge in [0.25, 0.3) is 0 Å². The molecule has 2 aromatic carbocycles. The Morgan fingerprint density at radius 2 is 1.69 bits per heavy atom. The van der Waals surface area contributed by atoms with Crippen LogP contribution in [0.2, 0.25) is 0 Å². The molecule has 158 valence electrons. The minimum absolute atomic E-state index is 0.0229. The Balaban J connectivity index is 2.26. The molecule has 1 atom stereocenters. The van der Waals surface area contributed by atoms with Crippen molar-refractivity contribution in [1.82, 2.24) is 9.44 Å². The van der Waals surface area contributed by atoms with E-state index >= 15 is 0 Å². The maximum Gasteiger partial charge on any atom is 0.240 e. The van der Waals surface area contributed by atoms with Crippen molar-refractivity contribution in [2.24, 2.45) is 0 Å². The second kappa shape index (κ2) is 8.99. The lowest BCUT2D eigenvalue weighted by molar-refractivity contribution is -0.116. The van der Waals surface area contributed by atoms with E-state index < -0.39 is 37.8 Å². The lowest BCUT2D eigenvalue weighted by Crippen LogP contribution is -2.31. The molecule has 11 heteroatoms. The van der Waals surface area contributed by atoms with Crippen LogP contribution in [0.3, 0.4) is 0 Å². The molecule has 0 unspecified atom stereocenters. The van der Waals surface area contributed by atoms with E-state index in [1.807, 2.05) is 0 Å². The van der Waals surface area contributed by atoms with Crippen LogP contribution < -0.4 is 14.8 Å². The molecule has 2 rings (SSSR count). The molecule has 3 N–H and O–H groups in total. The number of hydrogen-bond donors (Lipinski definition) is 3. The average Bonchev–Trinajstić information content (AvgIpc) is 2.62. The summed E-state index contributed by atoms with van der Waals surface area (Å²) >= 11 is 0. The lowest BCUT2D eigenvalue weighted by atomic mass is 10.0. The van der Waals surface area contributed by atoms with E-state index in [0.717, 1.165) is 6.26 Å². The van der Waals surface area contributed by atoms with Gasteiger partial charge in [0, 0.05) is 12.1 Å². The fourth-order valence-electron chi connectivity index (χ4n) is 2.59. The zero-order valence-corrected chi connectivity index (χ0v) is 17.7. The zero-order valence-electron chi connectivity index (χ0n) is 16.1. The van der Waals surface area contributed by atoms with Crippen LogP contribution in [-0.2, 0) is 24.8 Å². The highest BCUT2D eigenvalue weighted by Crippen LogP contribution is 2.23. The van der Waals surface area contributed by atoms with Gasteiger partial charge in [0.15, 0.2) is 0 Å². The van der Waals surface area contributed by atoms with Gasteiger partial charge < -0.3 is 5.32 Å². The van der Waals surface area contributed by atoms with Crippen LogP contribution in [0.15, 0.2) is 47.4 Å².